The third kappa shape index (κ3) is 2.99. The third-order valence-electron chi connectivity index (χ3n) is 2.29. The quantitative estimate of drug-likeness (QED) is 0.646. The number of methoxy groups -OCH3 is 1. The minimum Gasteiger partial charge on any atom is -0.490 e. The minimum absolute atomic E-state index is 0.0994. The van der Waals surface area contributed by atoms with Crippen molar-refractivity contribution in [1.82, 2.24) is 20.2 Å². The molecule has 0 bridgehead atoms. The van der Waals surface area contributed by atoms with E-state index in [9.17, 15) is 8.42 Å². The largest absolute Gasteiger partial charge is 0.490 e. The van der Waals surface area contributed by atoms with E-state index in [1.807, 2.05) is 6.92 Å². The smallest absolute Gasteiger partial charge is 0.250 e. The summed E-state index contributed by atoms with van der Waals surface area (Å²) in [6.07, 6.45) is 0.994. The molecule has 2 aromatic rings. The molecule has 0 unspecified atom stereocenters. The van der Waals surface area contributed by atoms with Gasteiger partial charge in [0.05, 0.1) is 7.11 Å². The predicted molar refractivity (Wildman–Crippen MR) is 73.3 cm³/mol. The maximum atomic E-state index is 11.5. The summed E-state index contributed by atoms with van der Waals surface area (Å²) in [6.45, 7) is 1.82. The average Bonchev–Trinajstić information content (AvgIpc) is 2.73. The van der Waals surface area contributed by atoms with Gasteiger partial charge in [0.25, 0.3) is 0 Å². The highest BCUT2D eigenvalue weighted by Gasteiger charge is 2.20. The summed E-state index contributed by atoms with van der Waals surface area (Å²) in [4.78, 5) is 7.60. The van der Waals surface area contributed by atoms with E-state index >= 15 is 0 Å². The Morgan fingerprint density at radius 1 is 1.40 bits per heavy atom. The van der Waals surface area contributed by atoms with E-state index in [1.54, 1.807) is 6.07 Å². The molecule has 0 aromatic carbocycles. The van der Waals surface area contributed by atoms with Crippen LogP contribution in [-0.2, 0) is 9.84 Å². The average molecular weight is 318 g/mol. The lowest BCUT2D eigenvalue weighted by Gasteiger charge is -2.10. The molecule has 108 valence electrons. The summed E-state index contributed by atoms with van der Waals surface area (Å²) >= 11 is 5.90. The van der Waals surface area contributed by atoms with Crippen LogP contribution in [0.25, 0.3) is 0 Å². The van der Waals surface area contributed by atoms with Crippen LogP contribution >= 0.6 is 11.6 Å². The van der Waals surface area contributed by atoms with Gasteiger partial charge in [-0.05, 0) is 6.92 Å². The number of nitrogens with zero attached hydrogens (tertiary/aromatic N) is 3. The molecule has 10 heteroatoms. The van der Waals surface area contributed by atoms with Crippen molar-refractivity contribution in [3.8, 4) is 5.75 Å². The number of rotatable bonds is 4. The van der Waals surface area contributed by atoms with Crippen molar-refractivity contribution < 1.29 is 13.2 Å². The van der Waals surface area contributed by atoms with Crippen molar-refractivity contribution in [2.45, 2.75) is 12.1 Å². The maximum Gasteiger partial charge on any atom is 0.250 e. The van der Waals surface area contributed by atoms with E-state index in [2.05, 4.69) is 25.5 Å². The minimum atomic E-state index is -3.59. The Kier molecular flexibility index (Phi) is 3.82. The molecule has 20 heavy (non-hydrogen) atoms. The Morgan fingerprint density at radius 2 is 2.10 bits per heavy atom. The molecule has 2 rings (SSSR count). The predicted octanol–water partition coefficient (Wildman–Crippen LogP) is 1.32. The SMILES string of the molecule is COc1c(Cl)nc(S(C)(=O)=O)nc1Nc1cc(C)[nH]n1. The van der Waals surface area contributed by atoms with E-state index in [0.29, 0.717) is 5.82 Å². The van der Waals surface area contributed by atoms with E-state index in [-0.39, 0.29) is 16.7 Å². The molecule has 0 aliphatic rings. The second-order valence-corrected chi connectivity index (χ2v) is 6.28. The Balaban J connectivity index is 2.52. The number of aromatic amines is 1. The zero-order valence-electron chi connectivity index (χ0n) is 10.9. The van der Waals surface area contributed by atoms with Crippen LogP contribution < -0.4 is 10.1 Å². The molecule has 8 nitrogen and oxygen atoms in total. The van der Waals surface area contributed by atoms with E-state index in [4.69, 9.17) is 16.3 Å². The molecule has 2 N–H and O–H groups in total. The van der Waals surface area contributed by atoms with Crippen LogP contribution in [0.5, 0.6) is 5.75 Å². The molecule has 0 amide bonds. The molecule has 0 radical (unpaired) electrons. The van der Waals surface area contributed by atoms with Crippen LogP contribution in [0.15, 0.2) is 11.2 Å². The first-order valence-electron chi connectivity index (χ1n) is 5.42. The first-order chi connectivity index (χ1) is 9.31. The van der Waals surface area contributed by atoms with Gasteiger partial charge in [0.1, 0.15) is 0 Å². The van der Waals surface area contributed by atoms with Gasteiger partial charge in [-0.25, -0.2) is 13.4 Å². The van der Waals surface area contributed by atoms with Gasteiger partial charge in [0, 0.05) is 18.0 Å². The van der Waals surface area contributed by atoms with E-state index in [1.165, 1.54) is 7.11 Å². The fourth-order valence-corrected chi connectivity index (χ4v) is 2.25. The zero-order valence-corrected chi connectivity index (χ0v) is 12.5. The molecule has 0 spiro atoms. The van der Waals surface area contributed by atoms with Gasteiger partial charge in [0.2, 0.25) is 15.0 Å². The van der Waals surface area contributed by atoms with Crippen molar-refractivity contribution in [2.75, 3.05) is 18.7 Å². The van der Waals surface area contributed by atoms with Crippen molar-refractivity contribution in [3.05, 3.63) is 16.9 Å². The number of hydrogen-bond donors (Lipinski definition) is 2. The lowest BCUT2D eigenvalue weighted by molar-refractivity contribution is 0.411. The molecule has 0 fully saturated rings. The summed E-state index contributed by atoms with van der Waals surface area (Å²) in [5.74, 6) is 0.717. The van der Waals surface area contributed by atoms with Gasteiger partial charge in [0.15, 0.2) is 22.5 Å². The fourth-order valence-electron chi connectivity index (χ4n) is 1.44. The third-order valence-corrected chi connectivity index (χ3v) is 3.39. The van der Waals surface area contributed by atoms with Crippen LogP contribution in [0.4, 0.5) is 11.6 Å². The summed E-state index contributed by atoms with van der Waals surface area (Å²) in [5, 5.41) is 9.04. The van der Waals surface area contributed by atoms with Gasteiger partial charge < -0.3 is 10.1 Å². The van der Waals surface area contributed by atoms with Crippen molar-refractivity contribution >= 4 is 33.1 Å². The second-order valence-electron chi connectivity index (χ2n) is 4.01. The number of ether oxygens (including phenoxy) is 1. The number of H-pyrrole nitrogens is 1. The van der Waals surface area contributed by atoms with Crippen molar-refractivity contribution in [2.24, 2.45) is 0 Å². The lowest BCUT2D eigenvalue weighted by atomic mass is 10.4. The Bertz CT molecular complexity index is 743. The molecular formula is C10H12ClN5O3S. The summed E-state index contributed by atoms with van der Waals surface area (Å²) < 4.78 is 28.1. The number of sulfone groups is 1. The summed E-state index contributed by atoms with van der Waals surface area (Å²) in [6, 6.07) is 1.72. The Morgan fingerprint density at radius 3 is 2.60 bits per heavy atom. The van der Waals surface area contributed by atoms with Gasteiger partial charge in [-0.15, -0.1) is 0 Å². The van der Waals surface area contributed by atoms with Gasteiger partial charge in [-0.1, -0.05) is 11.6 Å². The number of hydrogen-bond acceptors (Lipinski definition) is 7. The first-order valence-corrected chi connectivity index (χ1v) is 7.69. The summed E-state index contributed by atoms with van der Waals surface area (Å²) in [5.41, 5.74) is 0.829. The topological polar surface area (TPSA) is 110 Å². The second kappa shape index (κ2) is 5.25. The molecule has 0 saturated heterocycles. The highest BCUT2D eigenvalue weighted by Crippen LogP contribution is 2.32. The van der Waals surface area contributed by atoms with Crippen LogP contribution in [-0.4, -0.2) is 41.9 Å². The highest BCUT2D eigenvalue weighted by molar-refractivity contribution is 7.90. The monoisotopic (exact) mass is 317 g/mol. The standard InChI is InChI=1S/C10H12ClN5O3S/c1-5-4-6(16-15-5)12-9-7(19-2)8(11)13-10(14-9)20(3,17)18/h4H,1-3H3,(H2,12,13,14,15,16). The maximum absolute atomic E-state index is 11.5. The van der Waals surface area contributed by atoms with Crippen LogP contribution in [0.1, 0.15) is 5.69 Å². The summed E-state index contributed by atoms with van der Waals surface area (Å²) in [7, 11) is -2.21. The van der Waals surface area contributed by atoms with Crippen LogP contribution in [0.3, 0.4) is 0 Å². The normalized spacial score (nSPS) is 11.4. The molecule has 0 saturated carbocycles. The van der Waals surface area contributed by atoms with E-state index < -0.39 is 15.0 Å². The Labute approximate surface area is 120 Å². The van der Waals surface area contributed by atoms with Crippen molar-refractivity contribution in [3.63, 3.8) is 0 Å². The number of nitrogens with one attached hydrogen (secondary N) is 2. The van der Waals surface area contributed by atoms with Gasteiger partial charge in [-0.3, -0.25) is 5.10 Å². The number of anilines is 2. The zero-order chi connectivity index (χ0) is 14.9. The molecule has 0 atom stereocenters. The van der Waals surface area contributed by atoms with E-state index in [0.717, 1.165) is 11.9 Å². The highest BCUT2D eigenvalue weighted by atomic mass is 35.5. The molecule has 0 aliphatic heterocycles. The fraction of sp³-hybridized carbons (Fsp3) is 0.300. The van der Waals surface area contributed by atoms with Crippen LogP contribution in [0, 0.1) is 6.92 Å². The number of aromatic nitrogens is 4. The number of halogens is 1. The van der Waals surface area contributed by atoms with Gasteiger partial charge >= 0.3 is 0 Å². The molecular weight excluding hydrogens is 306 g/mol. The van der Waals surface area contributed by atoms with Crippen LogP contribution in [0.2, 0.25) is 5.15 Å². The van der Waals surface area contributed by atoms with Gasteiger partial charge in [-0.2, -0.15) is 10.1 Å². The number of aryl methyl sites for hydroxylation is 1. The molecule has 2 aromatic heterocycles. The molecule has 0 aliphatic carbocycles. The first kappa shape index (κ1) is 14.5. The van der Waals surface area contributed by atoms with Crippen molar-refractivity contribution in [1.29, 1.82) is 0 Å². The lowest BCUT2D eigenvalue weighted by Crippen LogP contribution is -2.08. The molecule has 2 heterocycles. The Hall–Kier alpha value is -1.87.